The highest BCUT2D eigenvalue weighted by atomic mass is 16.8. The van der Waals surface area contributed by atoms with E-state index < -0.39 is 11.9 Å². The third kappa shape index (κ3) is 3.30. The van der Waals surface area contributed by atoms with Gasteiger partial charge in [0.05, 0.1) is 6.10 Å². The Labute approximate surface area is 92.1 Å². The summed E-state index contributed by atoms with van der Waals surface area (Å²) in [5, 5.41) is 9.96. The summed E-state index contributed by atoms with van der Waals surface area (Å²) >= 11 is 0. The van der Waals surface area contributed by atoms with Crippen LogP contribution in [-0.2, 0) is 9.47 Å². The van der Waals surface area contributed by atoms with Crippen LogP contribution in [0.5, 0.6) is 0 Å². The fourth-order valence-electron chi connectivity index (χ4n) is 1.87. The standard InChI is InChI=1S/C12H22O3/c1-5-7-8-9(13)11-10(6-2)14-12(3,4)15-11/h6,9-11,13H,2,5,7-8H2,1,3-4H3/t9-,10+,11-/m0/s1. The van der Waals surface area contributed by atoms with Crippen LogP contribution in [0.3, 0.4) is 0 Å². The highest BCUT2D eigenvalue weighted by molar-refractivity contribution is 4.96. The molecule has 0 radical (unpaired) electrons. The van der Waals surface area contributed by atoms with Gasteiger partial charge in [-0.05, 0) is 20.3 Å². The van der Waals surface area contributed by atoms with Crippen molar-refractivity contribution in [3.8, 4) is 0 Å². The minimum atomic E-state index is -0.614. The first-order valence-electron chi connectivity index (χ1n) is 5.66. The van der Waals surface area contributed by atoms with Gasteiger partial charge in [-0.3, -0.25) is 0 Å². The van der Waals surface area contributed by atoms with Crippen LogP contribution in [0.4, 0.5) is 0 Å². The Hall–Kier alpha value is -0.380. The number of ether oxygens (including phenoxy) is 2. The van der Waals surface area contributed by atoms with Crippen LogP contribution in [-0.4, -0.2) is 29.2 Å². The van der Waals surface area contributed by atoms with Crippen LogP contribution in [0, 0.1) is 0 Å². The van der Waals surface area contributed by atoms with E-state index in [0.717, 1.165) is 19.3 Å². The molecule has 1 saturated heterocycles. The van der Waals surface area contributed by atoms with E-state index >= 15 is 0 Å². The summed E-state index contributed by atoms with van der Waals surface area (Å²) < 4.78 is 11.3. The van der Waals surface area contributed by atoms with Crippen molar-refractivity contribution in [3.05, 3.63) is 12.7 Å². The van der Waals surface area contributed by atoms with Crippen LogP contribution in [0.2, 0.25) is 0 Å². The van der Waals surface area contributed by atoms with Gasteiger partial charge in [-0.15, -0.1) is 6.58 Å². The second-order valence-corrected chi connectivity index (χ2v) is 4.51. The van der Waals surface area contributed by atoms with Gasteiger partial charge in [0.25, 0.3) is 0 Å². The Morgan fingerprint density at radius 3 is 2.67 bits per heavy atom. The smallest absolute Gasteiger partial charge is 0.164 e. The van der Waals surface area contributed by atoms with E-state index in [0.29, 0.717) is 0 Å². The molecule has 0 spiro atoms. The predicted octanol–water partition coefficient (Wildman–Crippen LogP) is 2.24. The van der Waals surface area contributed by atoms with Crippen molar-refractivity contribution in [2.75, 3.05) is 0 Å². The molecular formula is C12H22O3. The Morgan fingerprint density at radius 2 is 2.13 bits per heavy atom. The maximum atomic E-state index is 9.96. The zero-order valence-corrected chi connectivity index (χ0v) is 9.90. The van der Waals surface area contributed by atoms with Crippen molar-refractivity contribution in [1.29, 1.82) is 0 Å². The largest absolute Gasteiger partial charge is 0.390 e. The van der Waals surface area contributed by atoms with Gasteiger partial charge in [0.1, 0.15) is 12.2 Å². The van der Waals surface area contributed by atoms with Crippen LogP contribution >= 0.6 is 0 Å². The molecule has 0 aromatic rings. The maximum absolute atomic E-state index is 9.96. The first-order chi connectivity index (χ1) is 7.00. The fourth-order valence-corrected chi connectivity index (χ4v) is 1.87. The SMILES string of the molecule is C=C[C@H]1OC(C)(C)O[C@H]1[C@@H](O)CCCC. The highest BCUT2D eigenvalue weighted by Gasteiger charge is 2.42. The van der Waals surface area contributed by atoms with Gasteiger partial charge >= 0.3 is 0 Å². The molecule has 1 rings (SSSR count). The number of aliphatic hydroxyl groups is 1. The van der Waals surface area contributed by atoms with Gasteiger partial charge in [0.15, 0.2) is 5.79 Å². The summed E-state index contributed by atoms with van der Waals surface area (Å²) in [6.45, 7) is 9.52. The minimum Gasteiger partial charge on any atom is -0.390 e. The average Bonchev–Trinajstić information content (AvgIpc) is 2.50. The molecule has 0 bridgehead atoms. The average molecular weight is 214 g/mol. The molecule has 0 unspecified atom stereocenters. The van der Waals surface area contributed by atoms with Crippen LogP contribution in [0.25, 0.3) is 0 Å². The van der Waals surface area contributed by atoms with E-state index in [1.807, 2.05) is 13.8 Å². The van der Waals surface area contributed by atoms with Gasteiger partial charge in [-0.25, -0.2) is 0 Å². The molecule has 0 aromatic carbocycles. The molecular weight excluding hydrogens is 192 g/mol. The molecule has 1 aliphatic rings. The number of unbranched alkanes of at least 4 members (excludes halogenated alkanes) is 1. The molecule has 1 heterocycles. The third-order valence-corrected chi connectivity index (χ3v) is 2.63. The molecule has 1 fully saturated rings. The number of hydrogen-bond acceptors (Lipinski definition) is 3. The lowest BCUT2D eigenvalue weighted by Crippen LogP contribution is -2.34. The molecule has 0 saturated carbocycles. The molecule has 1 N–H and O–H groups in total. The summed E-state index contributed by atoms with van der Waals surface area (Å²) in [6, 6.07) is 0. The second kappa shape index (κ2) is 5.10. The van der Waals surface area contributed by atoms with E-state index in [1.165, 1.54) is 0 Å². The molecule has 3 atom stereocenters. The van der Waals surface area contributed by atoms with E-state index in [1.54, 1.807) is 6.08 Å². The van der Waals surface area contributed by atoms with Crippen LogP contribution < -0.4 is 0 Å². The topological polar surface area (TPSA) is 38.7 Å². The lowest BCUT2D eigenvalue weighted by molar-refractivity contribution is -0.153. The predicted molar refractivity (Wildman–Crippen MR) is 59.6 cm³/mol. The summed E-state index contributed by atoms with van der Waals surface area (Å²) in [6.07, 6.45) is 3.60. The van der Waals surface area contributed by atoms with Crippen molar-refractivity contribution in [3.63, 3.8) is 0 Å². The van der Waals surface area contributed by atoms with Crippen molar-refractivity contribution in [2.24, 2.45) is 0 Å². The lowest BCUT2D eigenvalue weighted by Gasteiger charge is -2.21. The van der Waals surface area contributed by atoms with E-state index in [4.69, 9.17) is 9.47 Å². The van der Waals surface area contributed by atoms with Gasteiger partial charge in [-0.1, -0.05) is 25.8 Å². The molecule has 3 heteroatoms. The molecule has 1 aliphatic heterocycles. The van der Waals surface area contributed by atoms with E-state index in [-0.39, 0.29) is 12.2 Å². The summed E-state index contributed by atoms with van der Waals surface area (Å²) in [5.41, 5.74) is 0. The molecule has 0 amide bonds. The van der Waals surface area contributed by atoms with Gasteiger partial charge in [0, 0.05) is 0 Å². The monoisotopic (exact) mass is 214 g/mol. The molecule has 88 valence electrons. The lowest BCUT2D eigenvalue weighted by atomic mass is 10.0. The number of rotatable bonds is 5. The quantitative estimate of drug-likeness (QED) is 0.713. The Bertz CT molecular complexity index is 213. The summed E-state index contributed by atoms with van der Waals surface area (Å²) in [4.78, 5) is 0. The zero-order chi connectivity index (χ0) is 11.5. The molecule has 15 heavy (non-hydrogen) atoms. The highest BCUT2D eigenvalue weighted by Crippen LogP contribution is 2.31. The van der Waals surface area contributed by atoms with Crippen molar-refractivity contribution < 1.29 is 14.6 Å². The van der Waals surface area contributed by atoms with Crippen LogP contribution in [0.15, 0.2) is 12.7 Å². The van der Waals surface area contributed by atoms with Gasteiger partial charge < -0.3 is 14.6 Å². The van der Waals surface area contributed by atoms with E-state index in [2.05, 4.69) is 13.5 Å². The minimum absolute atomic E-state index is 0.202. The van der Waals surface area contributed by atoms with Crippen LogP contribution in [0.1, 0.15) is 40.0 Å². The number of aliphatic hydroxyl groups excluding tert-OH is 1. The zero-order valence-electron chi connectivity index (χ0n) is 9.90. The molecule has 3 nitrogen and oxygen atoms in total. The normalized spacial score (nSPS) is 31.5. The van der Waals surface area contributed by atoms with E-state index in [9.17, 15) is 5.11 Å². The molecule has 0 aliphatic carbocycles. The summed E-state index contributed by atoms with van der Waals surface area (Å²) in [5.74, 6) is -0.614. The first kappa shape index (κ1) is 12.7. The summed E-state index contributed by atoms with van der Waals surface area (Å²) in [7, 11) is 0. The van der Waals surface area contributed by atoms with Crippen molar-refractivity contribution >= 4 is 0 Å². The first-order valence-corrected chi connectivity index (χ1v) is 5.66. The van der Waals surface area contributed by atoms with Crippen molar-refractivity contribution in [1.82, 2.24) is 0 Å². The second-order valence-electron chi connectivity index (χ2n) is 4.51. The Balaban J connectivity index is 2.55. The number of hydrogen-bond donors (Lipinski definition) is 1. The van der Waals surface area contributed by atoms with Gasteiger partial charge in [-0.2, -0.15) is 0 Å². The van der Waals surface area contributed by atoms with Crippen molar-refractivity contribution in [2.45, 2.75) is 64.1 Å². The third-order valence-electron chi connectivity index (χ3n) is 2.63. The fraction of sp³-hybridized carbons (Fsp3) is 0.833. The Morgan fingerprint density at radius 1 is 1.47 bits per heavy atom. The van der Waals surface area contributed by atoms with Gasteiger partial charge in [0.2, 0.25) is 0 Å². The molecule has 0 aromatic heterocycles. The maximum Gasteiger partial charge on any atom is 0.164 e. The Kier molecular flexibility index (Phi) is 4.32.